The summed E-state index contributed by atoms with van der Waals surface area (Å²) >= 11 is 0. The van der Waals surface area contributed by atoms with E-state index in [2.05, 4.69) is 20.5 Å². The van der Waals surface area contributed by atoms with Gasteiger partial charge in [0.05, 0.1) is 17.2 Å². The number of nitrogens with zero attached hydrogens (tertiary/aromatic N) is 4. The maximum atomic E-state index is 15.7. The van der Waals surface area contributed by atoms with Crippen molar-refractivity contribution in [1.82, 2.24) is 25.1 Å². The minimum Gasteiger partial charge on any atom is -0.435 e. The van der Waals surface area contributed by atoms with Gasteiger partial charge in [-0.2, -0.15) is 0 Å². The van der Waals surface area contributed by atoms with Gasteiger partial charge in [-0.1, -0.05) is 36.4 Å². The molecule has 2 heterocycles. The molecular formula is C30H28F3N5O2. The van der Waals surface area contributed by atoms with Gasteiger partial charge in [0.15, 0.2) is 11.4 Å². The second kappa shape index (κ2) is 10.2. The highest BCUT2D eigenvalue weighted by Crippen LogP contribution is 2.43. The van der Waals surface area contributed by atoms with E-state index in [-0.39, 0.29) is 40.7 Å². The van der Waals surface area contributed by atoms with Crippen LogP contribution in [0.4, 0.5) is 13.2 Å². The summed E-state index contributed by atoms with van der Waals surface area (Å²) in [4.78, 5) is 4.53. The molecule has 5 aromatic rings. The Balaban J connectivity index is 1.53. The first-order valence-corrected chi connectivity index (χ1v) is 13.2. The summed E-state index contributed by atoms with van der Waals surface area (Å²) in [5, 5.41) is 21.6. The van der Waals surface area contributed by atoms with Gasteiger partial charge >= 0.3 is 0 Å². The van der Waals surface area contributed by atoms with Crippen molar-refractivity contribution in [2.24, 2.45) is 7.05 Å². The zero-order valence-corrected chi connectivity index (χ0v) is 22.0. The number of aromatic nitrogens is 4. The van der Waals surface area contributed by atoms with Gasteiger partial charge in [0, 0.05) is 32.1 Å². The van der Waals surface area contributed by atoms with Crippen molar-refractivity contribution in [3.05, 3.63) is 77.9 Å². The number of aryl methyl sites for hydroxylation is 1. The number of benzene rings is 3. The van der Waals surface area contributed by atoms with E-state index >= 15 is 4.39 Å². The molecular weight excluding hydrogens is 519 g/mol. The molecule has 10 heteroatoms. The zero-order chi connectivity index (χ0) is 28.0. The van der Waals surface area contributed by atoms with E-state index in [1.54, 1.807) is 23.7 Å². The van der Waals surface area contributed by atoms with Gasteiger partial charge in [-0.3, -0.25) is 0 Å². The molecule has 2 aromatic heterocycles. The number of aliphatic hydroxyl groups excluding tert-OH is 1. The molecule has 1 saturated carbocycles. The van der Waals surface area contributed by atoms with Crippen molar-refractivity contribution < 1.29 is 22.7 Å². The molecule has 0 bridgehead atoms. The molecule has 0 saturated heterocycles. The molecule has 3 aromatic carbocycles. The maximum absolute atomic E-state index is 15.7. The van der Waals surface area contributed by atoms with Crippen molar-refractivity contribution in [3.8, 4) is 34.0 Å². The van der Waals surface area contributed by atoms with Crippen LogP contribution in [0.3, 0.4) is 0 Å². The first kappa shape index (κ1) is 26.2. The second-order valence-corrected chi connectivity index (χ2v) is 10.4. The Labute approximate surface area is 228 Å². The normalized spacial score (nSPS) is 17.6. The van der Waals surface area contributed by atoms with E-state index in [0.29, 0.717) is 28.9 Å². The lowest BCUT2D eigenvalue weighted by Gasteiger charge is -2.17. The molecule has 0 aliphatic heterocycles. The predicted molar refractivity (Wildman–Crippen MR) is 145 cm³/mol. The Bertz CT molecular complexity index is 1680. The topological polar surface area (TPSA) is 89.0 Å². The molecule has 2 atom stereocenters. The molecule has 2 unspecified atom stereocenters. The molecule has 1 aliphatic carbocycles. The van der Waals surface area contributed by atoms with Crippen LogP contribution in [-0.2, 0) is 19.5 Å². The number of hydrogen-bond donors (Lipinski definition) is 2. The van der Waals surface area contributed by atoms with Crippen LogP contribution in [0.1, 0.15) is 37.3 Å². The van der Waals surface area contributed by atoms with E-state index in [0.717, 1.165) is 25.3 Å². The predicted octanol–water partition coefficient (Wildman–Crippen LogP) is 6.21. The highest BCUT2D eigenvalue weighted by molar-refractivity contribution is 5.92. The summed E-state index contributed by atoms with van der Waals surface area (Å²) in [5.74, 6) is -3.64. The van der Waals surface area contributed by atoms with Crippen molar-refractivity contribution in [2.75, 3.05) is 0 Å². The smallest absolute Gasteiger partial charge is 0.274 e. The van der Waals surface area contributed by atoms with Crippen LogP contribution in [-0.4, -0.2) is 37.0 Å². The number of aliphatic hydroxyl groups is 1. The van der Waals surface area contributed by atoms with Crippen LogP contribution in [0.5, 0.6) is 0 Å². The van der Waals surface area contributed by atoms with Crippen LogP contribution in [0.15, 0.2) is 65.3 Å². The van der Waals surface area contributed by atoms with E-state index in [4.69, 9.17) is 4.42 Å². The maximum Gasteiger partial charge on any atom is 0.274 e. The van der Waals surface area contributed by atoms with Crippen molar-refractivity contribution >= 4 is 11.1 Å². The molecule has 1 fully saturated rings. The van der Waals surface area contributed by atoms with Crippen LogP contribution < -0.4 is 5.32 Å². The quantitative estimate of drug-likeness (QED) is 0.252. The molecule has 6 rings (SSSR count). The van der Waals surface area contributed by atoms with Gasteiger partial charge in [0.2, 0.25) is 5.89 Å². The largest absolute Gasteiger partial charge is 0.435 e. The fourth-order valence-electron chi connectivity index (χ4n) is 5.44. The Hall–Kier alpha value is -4.02. The van der Waals surface area contributed by atoms with Crippen LogP contribution >= 0.6 is 0 Å². The SMILES string of the molecule is Cn1cnnc1-c1c(-c2ccccc2)ccc(F)c1-c1nc2cc(CNC3CCCC3O)cc(C(C)(F)F)c2o1. The van der Waals surface area contributed by atoms with E-state index in [9.17, 15) is 13.9 Å². The Morgan fingerprint density at radius 1 is 1.10 bits per heavy atom. The second-order valence-electron chi connectivity index (χ2n) is 10.4. The average Bonchev–Trinajstić information content (AvgIpc) is 3.66. The van der Waals surface area contributed by atoms with E-state index in [1.807, 2.05) is 30.3 Å². The first-order valence-electron chi connectivity index (χ1n) is 13.2. The molecule has 0 radical (unpaired) electrons. The molecule has 2 N–H and O–H groups in total. The number of fused-ring (bicyclic) bond motifs is 1. The van der Waals surface area contributed by atoms with Gasteiger partial charge in [-0.05, 0) is 54.2 Å². The number of hydrogen-bond acceptors (Lipinski definition) is 6. The van der Waals surface area contributed by atoms with Crippen LogP contribution in [0, 0.1) is 5.82 Å². The summed E-state index contributed by atoms with van der Waals surface area (Å²) < 4.78 is 53.0. The lowest BCUT2D eigenvalue weighted by atomic mass is 9.94. The van der Waals surface area contributed by atoms with Gasteiger partial charge in [0.25, 0.3) is 5.92 Å². The van der Waals surface area contributed by atoms with Crippen molar-refractivity contribution in [2.45, 2.75) is 50.8 Å². The Morgan fingerprint density at radius 2 is 1.90 bits per heavy atom. The third-order valence-corrected chi connectivity index (χ3v) is 7.46. The highest BCUT2D eigenvalue weighted by Gasteiger charge is 2.32. The monoisotopic (exact) mass is 547 g/mol. The lowest BCUT2D eigenvalue weighted by molar-refractivity contribution is 0.0181. The highest BCUT2D eigenvalue weighted by atomic mass is 19.3. The van der Waals surface area contributed by atoms with Gasteiger partial charge in [0.1, 0.15) is 17.7 Å². The number of nitrogens with one attached hydrogen (secondary N) is 1. The van der Waals surface area contributed by atoms with Gasteiger partial charge in [-0.25, -0.2) is 18.2 Å². The minimum atomic E-state index is -3.24. The van der Waals surface area contributed by atoms with Crippen molar-refractivity contribution in [3.63, 3.8) is 0 Å². The molecule has 206 valence electrons. The molecule has 0 amide bonds. The fraction of sp³-hybridized carbons (Fsp3) is 0.300. The lowest BCUT2D eigenvalue weighted by Crippen LogP contribution is -2.35. The number of halogens is 3. The summed E-state index contributed by atoms with van der Waals surface area (Å²) in [7, 11) is 1.74. The Kier molecular flexibility index (Phi) is 6.67. The molecule has 0 spiro atoms. The summed E-state index contributed by atoms with van der Waals surface area (Å²) in [6.07, 6.45) is 3.47. The first-order chi connectivity index (χ1) is 19.2. The van der Waals surface area contributed by atoms with Gasteiger partial charge < -0.3 is 19.4 Å². The summed E-state index contributed by atoms with van der Waals surface area (Å²) in [6, 6.07) is 15.3. The van der Waals surface area contributed by atoms with E-state index in [1.165, 1.54) is 18.5 Å². The number of oxazole rings is 1. The number of rotatable bonds is 7. The number of alkyl halides is 2. The molecule has 7 nitrogen and oxygen atoms in total. The standard InChI is InChI=1S/C30H28F3N5O2/c1-30(32,33)20-13-17(15-34-22-9-6-10-24(22)39)14-23-27(20)40-29(36-23)26-21(31)12-11-19(18-7-4-3-5-8-18)25(26)28-37-35-16-38(28)2/h3-5,7-8,11-14,16,22,24,34,39H,6,9-10,15H2,1-2H3. The third kappa shape index (κ3) is 4.77. The fourth-order valence-corrected chi connectivity index (χ4v) is 5.44. The van der Waals surface area contributed by atoms with Gasteiger partial charge in [-0.15, -0.1) is 10.2 Å². The summed E-state index contributed by atoms with van der Waals surface area (Å²) in [6.45, 7) is 1.06. The van der Waals surface area contributed by atoms with Crippen molar-refractivity contribution in [1.29, 1.82) is 0 Å². The van der Waals surface area contributed by atoms with Crippen LogP contribution in [0.2, 0.25) is 0 Å². The molecule has 40 heavy (non-hydrogen) atoms. The van der Waals surface area contributed by atoms with E-state index < -0.39 is 17.8 Å². The molecule has 1 aliphatic rings. The summed E-state index contributed by atoms with van der Waals surface area (Å²) in [5.41, 5.74) is 2.17. The third-order valence-electron chi connectivity index (χ3n) is 7.46. The van der Waals surface area contributed by atoms with Crippen LogP contribution in [0.25, 0.3) is 45.1 Å². The average molecular weight is 548 g/mol. The Morgan fingerprint density at radius 3 is 2.58 bits per heavy atom. The zero-order valence-electron chi connectivity index (χ0n) is 22.0. The minimum absolute atomic E-state index is 0.00720.